The third-order valence-corrected chi connectivity index (χ3v) is 4.21. The maximum Gasteiger partial charge on any atom is 0.416 e. The zero-order valence-corrected chi connectivity index (χ0v) is 15.4. The van der Waals surface area contributed by atoms with E-state index in [2.05, 4.69) is 20.6 Å². The van der Waals surface area contributed by atoms with Crippen molar-refractivity contribution in [3.63, 3.8) is 0 Å². The number of guanidine groups is 1. The molecule has 142 valence electrons. The zero-order chi connectivity index (χ0) is 19.0. The second-order valence-electron chi connectivity index (χ2n) is 5.41. The van der Waals surface area contributed by atoms with E-state index in [0.717, 1.165) is 29.3 Å². The summed E-state index contributed by atoms with van der Waals surface area (Å²) in [6, 6.07) is 4.83. The van der Waals surface area contributed by atoms with E-state index in [1.807, 2.05) is 12.3 Å². The van der Waals surface area contributed by atoms with Crippen LogP contribution in [0.4, 0.5) is 13.2 Å². The normalized spacial score (nSPS) is 12.1. The standard InChI is InChI=1S/C17H21F3N4OS/c1-12-24-14(11-26-12)6-7-22-16(21-2)23-8-9-25-15-5-3-4-13(10-15)17(18,19)20/h3-5,10-11H,6-9H2,1-2H3,(H2,21,22,23). The predicted octanol–water partition coefficient (Wildman–Crippen LogP) is 3.26. The minimum absolute atomic E-state index is 0.184. The van der Waals surface area contributed by atoms with Gasteiger partial charge < -0.3 is 15.4 Å². The van der Waals surface area contributed by atoms with E-state index >= 15 is 0 Å². The molecule has 5 nitrogen and oxygen atoms in total. The summed E-state index contributed by atoms with van der Waals surface area (Å²) in [6.07, 6.45) is -3.59. The van der Waals surface area contributed by atoms with Gasteiger partial charge in [0.2, 0.25) is 0 Å². The Bertz CT molecular complexity index is 731. The van der Waals surface area contributed by atoms with Crippen LogP contribution in [0.1, 0.15) is 16.3 Å². The Morgan fingerprint density at radius 3 is 2.69 bits per heavy atom. The number of alkyl halides is 3. The second kappa shape index (κ2) is 9.42. The van der Waals surface area contributed by atoms with Crippen LogP contribution in [0.25, 0.3) is 0 Å². The first-order valence-electron chi connectivity index (χ1n) is 8.04. The van der Waals surface area contributed by atoms with Crippen molar-refractivity contribution in [2.24, 2.45) is 4.99 Å². The molecule has 0 unspecified atom stereocenters. The van der Waals surface area contributed by atoms with Crippen molar-refractivity contribution in [3.05, 3.63) is 45.9 Å². The first-order chi connectivity index (χ1) is 12.4. The van der Waals surface area contributed by atoms with Crippen molar-refractivity contribution in [2.45, 2.75) is 19.5 Å². The molecule has 0 atom stereocenters. The van der Waals surface area contributed by atoms with Gasteiger partial charge in [-0.2, -0.15) is 13.2 Å². The third-order valence-electron chi connectivity index (χ3n) is 3.39. The molecule has 0 radical (unpaired) electrons. The first kappa shape index (κ1) is 20.0. The maximum absolute atomic E-state index is 12.7. The molecule has 0 aliphatic heterocycles. The second-order valence-corrected chi connectivity index (χ2v) is 6.47. The summed E-state index contributed by atoms with van der Waals surface area (Å²) in [5.41, 5.74) is 0.307. The van der Waals surface area contributed by atoms with Gasteiger partial charge in [-0.15, -0.1) is 11.3 Å². The van der Waals surface area contributed by atoms with Crippen molar-refractivity contribution in [2.75, 3.05) is 26.7 Å². The Kier molecular flexibility index (Phi) is 7.26. The monoisotopic (exact) mass is 386 g/mol. The van der Waals surface area contributed by atoms with Crippen LogP contribution in [0.2, 0.25) is 0 Å². The van der Waals surface area contributed by atoms with Crippen molar-refractivity contribution in [3.8, 4) is 5.75 Å². The van der Waals surface area contributed by atoms with Crippen LogP contribution < -0.4 is 15.4 Å². The minimum atomic E-state index is -4.38. The van der Waals surface area contributed by atoms with Gasteiger partial charge in [0, 0.05) is 25.4 Å². The SMILES string of the molecule is CN=C(NCCOc1cccc(C(F)(F)F)c1)NCCc1csc(C)n1. The smallest absolute Gasteiger partial charge is 0.416 e. The largest absolute Gasteiger partial charge is 0.492 e. The molecule has 1 aromatic heterocycles. The number of halogens is 3. The summed E-state index contributed by atoms with van der Waals surface area (Å²) in [4.78, 5) is 8.47. The molecule has 0 aliphatic rings. The molecule has 2 aromatic rings. The topological polar surface area (TPSA) is 58.5 Å². The summed E-state index contributed by atoms with van der Waals surface area (Å²) in [7, 11) is 1.65. The predicted molar refractivity (Wildman–Crippen MR) is 96.9 cm³/mol. The zero-order valence-electron chi connectivity index (χ0n) is 14.6. The number of hydrogen-bond donors (Lipinski definition) is 2. The fourth-order valence-corrected chi connectivity index (χ4v) is 2.80. The summed E-state index contributed by atoms with van der Waals surface area (Å²) < 4.78 is 43.3. The molecule has 0 saturated heterocycles. The molecular weight excluding hydrogens is 365 g/mol. The van der Waals surface area contributed by atoms with Gasteiger partial charge in [0.05, 0.1) is 22.8 Å². The molecule has 2 rings (SSSR count). The number of aromatic nitrogens is 1. The third kappa shape index (κ3) is 6.55. The van der Waals surface area contributed by atoms with E-state index in [1.165, 1.54) is 12.1 Å². The lowest BCUT2D eigenvalue weighted by atomic mass is 10.2. The Balaban J connectivity index is 1.69. The Morgan fingerprint density at radius 2 is 2.04 bits per heavy atom. The number of rotatable bonds is 7. The van der Waals surface area contributed by atoms with Crippen LogP contribution in [0.3, 0.4) is 0 Å². The van der Waals surface area contributed by atoms with Crippen LogP contribution in [0.5, 0.6) is 5.75 Å². The van der Waals surface area contributed by atoms with Gasteiger partial charge >= 0.3 is 6.18 Å². The highest BCUT2D eigenvalue weighted by Gasteiger charge is 2.30. The molecule has 0 fully saturated rings. The average Bonchev–Trinajstić information content (AvgIpc) is 3.02. The number of aryl methyl sites for hydroxylation is 1. The number of nitrogens with one attached hydrogen (secondary N) is 2. The first-order valence-corrected chi connectivity index (χ1v) is 8.92. The Morgan fingerprint density at radius 1 is 1.27 bits per heavy atom. The van der Waals surface area contributed by atoms with Crippen molar-refractivity contribution >= 4 is 17.3 Å². The Labute approximate surface area is 154 Å². The number of ether oxygens (including phenoxy) is 1. The molecule has 0 saturated carbocycles. The fraction of sp³-hybridized carbons (Fsp3) is 0.412. The molecule has 1 heterocycles. The summed E-state index contributed by atoms with van der Waals surface area (Å²) in [5, 5.41) is 9.26. The van der Waals surface area contributed by atoms with E-state index in [4.69, 9.17) is 4.74 Å². The van der Waals surface area contributed by atoms with Crippen molar-refractivity contribution in [1.82, 2.24) is 15.6 Å². The number of aliphatic imine (C=N–C) groups is 1. The maximum atomic E-state index is 12.7. The number of thiazole rings is 1. The highest BCUT2D eigenvalue weighted by Crippen LogP contribution is 2.31. The molecule has 1 aromatic carbocycles. The minimum Gasteiger partial charge on any atom is -0.492 e. The molecule has 0 spiro atoms. The van der Waals surface area contributed by atoms with Crippen LogP contribution in [0, 0.1) is 6.92 Å². The van der Waals surface area contributed by atoms with Crippen LogP contribution in [0.15, 0.2) is 34.6 Å². The van der Waals surface area contributed by atoms with E-state index in [9.17, 15) is 13.2 Å². The number of benzene rings is 1. The van der Waals surface area contributed by atoms with Crippen LogP contribution in [-0.2, 0) is 12.6 Å². The summed E-state index contributed by atoms with van der Waals surface area (Å²) >= 11 is 1.61. The van der Waals surface area contributed by atoms with E-state index in [0.29, 0.717) is 19.0 Å². The van der Waals surface area contributed by atoms with Crippen molar-refractivity contribution < 1.29 is 17.9 Å². The van der Waals surface area contributed by atoms with Gasteiger partial charge in [-0.3, -0.25) is 4.99 Å². The molecule has 2 N–H and O–H groups in total. The number of nitrogens with zero attached hydrogens (tertiary/aromatic N) is 2. The van der Waals surface area contributed by atoms with E-state index < -0.39 is 11.7 Å². The van der Waals surface area contributed by atoms with Crippen LogP contribution >= 0.6 is 11.3 Å². The summed E-state index contributed by atoms with van der Waals surface area (Å²) in [6.45, 7) is 3.27. The average molecular weight is 386 g/mol. The molecule has 0 amide bonds. The summed E-state index contributed by atoms with van der Waals surface area (Å²) in [5.74, 6) is 0.785. The number of hydrogen-bond acceptors (Lipinski definition) is 4. The van der Waals surface area contributed by atoms with Crippen LogP contribution in [-0.4, -0.2) is 37.7 Å². The quantitative estimate of drug-likeness (QED) is 0.436. The lowest BCUT2D eigenvalue weighted by Crippen LogP contribution is -2.40. The fourth-order valence-electron chi connectivity index (χ4n) is 2.15. The van der Waals surface area contributed by atoms with Gasteiger partial charge in [-0.05, 0) is 25.1 Å². The molecular formula is C17H21F3N4OS. The molecule has 26 heavy (non-hydrogen) atoms. The van der Waals surface area contributed by atoms with Gasteiger partial charge in [0.1, 0.15) is 12.4 Å². The van der Waals surface area contributed by atoms with E-state index in [1.54, 1.807) is 18.4 Å². The van der Waals surface area contributed by atoms with Gasteiger partial charge in [0.25, 0.3) is 0 Å². The lowest BCUT2D eigenvalue weighted by molar-refractivity contribution is -0.137. The Hall–Kier alpha value is -2.29. The lowest BCUT2D eigenvalue weighted by Gasteiger charge is -2.13. The highest BCUT2D eigenvalue weighted by atomic mass is 32.1. The molecule has 9 heteroatoms. The molecule has 0 bridgehead atoms. The van der Waals surface area contributed by atoms with Crippen molar-refractivity contribution in [1.29, 1.82) is 0 Å². The van der Waals surface area contributed by atoms with Gasteiger partial charge in [-0.1, -0.05) is 6.07 Å². The van der Waals surface area contributed by atoms with Gasteiger partial charge in [0.15, 0.2) is 5.96 Å². The van der Waals surface area contributed by atoms with Gasteiger partial charge in [-0.25, -0.2) is 4.98 Å². The molecule has 0 aliphatic carbocycles. The highest BCUT2D eigenvalue weighted by molar-refractivity contribution is 7.09. The van der Waals surface area contributed by atoms with E-state index in [-0.39, 0.29) is 12.4 Å².